The fraction of sp³-hybridized carbons (Fsp3) is 0.786. The minimum atomic E-state index is -3.50. The van der Waals surface area contributed by atoms with Gasteiger partial charge in [-0.2, -0.15) is 0 Å². The predicted molar refractivity (Wildman–Crippen MR) is 87.2 cm³/mol. The van der Waals surface area contributed by atoms with E-state index in [1.54, 1.807) is 27.7 Å². The largest absolute Gasteiger partial charge is 0.480 e. The van der Waals surface area contributed by atoms with Crippen LogP contribution in [0.4, 0.5) is 0 Å². The molecule has 1 rings (SSSR count). The number of hydrogen-bond donors (Lipinski definition) is 0. The average molecular weight is 361 g/mol. The molecule has 9 nitrogen and oxygen atoms in total. The Morgan fingerprint density at radius 3 is 2.38 bits per heavy atom. The van der Waals surface area contributed by atoms with Crippen molar-refractivity contribution in [2.45, 2.75) is 40.2 Å². The van der Waals surface area contributed by atoms with Crippen molar-refractivity contribution in [1.29, 1.82) is 0 Å². The van der Waals surface area contributed by atoms with Crippen LogP contribution in [-0.2, 0) is 27.9 Å². The highest BCUT2D eigenvalue weighted by Crippen LogP contribution is 2.55. The van der Waals surface area contributed by atoms with Crippen molar-refractivity contribution in [2.24, 2.45) is 11.0 Å². The van der Waals surface area contributed by atoms with Crippen LogP contribution in [0.1, 0.15) is 34.6 Å². The number of allylic oxidation sites excluding steroid dienone is 1. The lowest BCUT2D eigenvalue weighted by Gasteiger charge is -2.31. The Labute approximate surface area is 141 Å². The van der Waals surface area contributed by atoms with Crippen molar-refractivity contribution in [3.05, 3.63) is 21.9 Å². The monoisotopic (exact) mass is 361 g/mol. The van der Waals surface area contributed by atoms with Crippen molar-refractivity contribution in [2.75, 3.05) is 26.0 Å². The Hall–Kier alpha value is -1.53. The number of nitrogens with zero attached hydrogens (tertiary/aromatic N) is 3. The maximum absolute atomic E-state index is 12.9. The van der Waals surface area contributed by atoms with Crippen molar-refractivity contribution < 1.29 is 27.9 Å². The van der Waals surface area contributed by atoms with Gasteiger partial charge in [-0.15, -0.1) is 0 Å². The highest BCUT2D eigenvalue weighted by Gasteiger charge is 2.54. The molecule has 0 aliphatic carbocycles. The maximum Gasteiger partial charge on any atom is 0.350 e. The van der Waals surface area contributed by atoms with Crippen LogP contribution < -0.4 is 0 Å². The average Bonchev–Trinajstić information content (AvgIpc) is 2.73. The molecule has 24 heavy (non-hydrogen) atoms. The number of ether oxygens (including phenoxy) is 2. The molecule has 1 aliphatic heterocycles. The van der Waals surface area contributed by atoms with Gasteiger partial charge in [-0.05, 0) is 40.1 Å². The second-order valence-electron chi connectivity index (χ2n) is 5.24. The van der Waals surface area contributed by atoms with Crippen molar-refractivity contribution in [1.82, 2.24) is 0 Å². The SMILES string of the molecule is CCOC(=O)C1(C)OC(C)=C(N=[N+]=[N-])C1CP(=O)(OCC)OCC. The molecule has 1 heterocycles. The van der Waals surface area contributed by atoms with Gasteiger partial charge in [0.1, 0.15) is 5.76 Å². The van der Waals surface area contributed by atoms with Gasteiger partial charge in [-0.1, -0.05) is 5.11 Å². The minimum absolute atomic E-state index is 0.157. The van der Waals surface area contributed by atoms with Crippen LogP contribution >= 0.6 is 7.60 Å². The van der Waals surface area contributed by atoms with Crippen LogP contribution in [0.5, 0.6) is 0 Å². The third-order valence-corrected chi connectivity index (χ3v) is 5.73. The molecule has 2 unspecified atom stereocenters. The molecule has 0 bridgehead atoms. The molecule has 1 aliphatic rings. The summed E-state index contributed by atoms with van der Waals surface area (Å²) < 4.78 is 34.2. The molecule has 0 amide bonds. The van der Waals surface area contributed by atoms with Crippen molar-refractivity contribution in [3.63, 3.8) is 0 Å². The first-order chi connectivity index (χ1) is 11.3. The number of rotatable bonds is 9. The van der Waals surface area contributed by atoms with Gasteiger partial charge >= 0.3 is 13.6 Å². The highest BCUT2D eigenvalue weighted by atomic mass is 31.2. The predicted octanol–water partition coefficient (Wildman–Crippen LogP) is 3.76. The quantitative estimate of drug-likeness (QED) is 0.203. The summed E-state index contributed by atoms with van der Waals surface area (Å²) in [4.78, 5) is 15.2. The lowest BCUT2D eigenvalue weighted by atomic mass is 9.90. The summed E-state index contributed by atoms with van der Waals surface area (Å²) >= 11 is 0. The van der Waals surface area contributed by atoms with E-state index in [1.165, 1.54) is 6.92 Å². The molecule has 0 aromatic carbocycles. The van der Waals surface area contributed by atoms with E-state index in [-0.39, 0.29) is 37.4 Å². The van der Waals surface area contributed by atoms with E-state index in [0.29, 0.717) is 0 Å². The molecule has 136 valence electrons. The maximum atomic E-state index is 12.9. The Bertz CT molecular complexity index is 591. The van der Waals surface area contributed by atoms with Gasteiger partial charge in [0.15, 0.2) is 0 Å². The first-order valence-corrected chi connectivity index (χ1v) is 9.50. The van der Waals surface area contributed by atoms with Gasteiger partial charge in [-0.3, -0.25) is 4.57 Å². The number of azide groups is 1. The Kier molecular flexibility index (Phi) is 7.29. The topological polar surface area (TPSA) is 120 Å². The number of carbonyl (C=O) groups is 1. The van der Waals surface area contributed by atoms with Gasteiger partial charge in [-0.25, -0.2) is 4.79 Å². The number of esters is 1. The standard InChI is InChI=1S/C14H24N3O6P/c1-6-20-13(18)14(5)11(12(16-17-15)10(4)23-14)9-24(19,21-7-2)22-8-3/h11H,6-9H2,1-5H3. The number of hydrogen-bond acceptors (Lipinski definition) is 7. The normalized spacial score (nSPS) is 23.6. The molecule has 0 aromatic heterocycles. The van der Waals surface area contributed by atoms with Gasteiger partial charge in [0, 0.05) is 4.91 Å². The third-order valence-electron chi connectivity index (χ3n) is 3.61. The lowest BCUT2D eigenvalue weighted by molar-refractivity contribution is -0.166. The van der Waals surface area contributed by atoms with Crippen LogP contribution in [-0.4, -0.2) is 37.6 Å². The third kappa shape index (κ3) is 4.30. The van der Waals surface area contributed by atoms with Crippen LogP contribution in [0.2, 0.25) is 0 Å². The molecule has 0 fully saturated rings. The van der Waals surface area contributed by atoms with E-state index < -0.39 is 25.1 Å². The van der Waals surface area contributed by atoms with Gasteiger partial charge in [0.2, 0.25) is 5.60 Å². The Morgan fingerprint density at radius 1 is 1.33 bits per heavy atom. The molecule has 0 saturated heterocycles. The van der Waals surface area contributed by atoms with Crippen LogP contribution in [0.3, 0.4) is 0 Å². The Morgan fingerprint density at radius 2 is 1.92 bits per heavy atom. The molecule has 0 N–H and O–H groups in total. The van der Waals surface area contributed by atoms with E-state index in [1.807, 2.05) is 0 Å². The second-order valence-corrected chi connectivity index (χ2v) is 7.35. The van der Waals surface area contributed by atoms with Crippen LogP contribution in [0.15, 0.2) is 16.6 Å². The van der Waals surface area contributed by atoms with E-state index in [9.17, 15) is 9.36 Å². The fourth-order valence-electron chi connectivity index (χ4n) is 2.61. The van der Waals surface area contributed by atoms with Crippen molar-refractivity contribution >= 4 is 13.6 Å². The molecule has 2 atom stereocenters. The summed E-state index contributed by atoms with van der Waals surface area (Å²) in [5.74, 6) is -1.15. The van der Waals surface area contributed by atoms with Gasteiger partial charge in [0.05, 0.1) is 37.6 Å². The first-order valence-electron chi connectivity index (χ1n) is 7.78. The molecule has 0 spiro atoms. The summed E-state index contributed by atoms with van der Waals surface area (Å²) in [6.45, 7) is 8.67. The van der Waals surface area contributed by atoms with Gasteiger partial charge in [0.25, 0.3) is 0 Å². The number of carbonyl (C=O) groups excluding carboxylic acids is 1. The van der Waals surface area contributed by atoms with E-state index in [2.05, 4.69) is 10.0 Å². The fourth-order valence-corrected chi connectivity index (χ4v) is 4.66. The highest BCUT2D eigenvalue weighted by molar-refractivity contribution is 7.53. The summed E-state index contributed by atoms with van der Waals surface area (Å²) in [6.07, 6.45) is -0.157. The molecule has 0 radical (unpaired) electrons. The zero-order chi connectivity index (χ0) is 18.4. The Balaban J connectivity index is 3.28. The summed E-state index contributed by atoms with van der Waals surface area (Å²) in [5, 5.41) is 3.62. The van der Waals surface area contributed by atoms with E-state index >= 15 is 0 Å². The van der Waals surface area contributed by atoms with Crippen LogP contribution in [0.25, 0.3) is 10.4 Å². The summed E-state index contributed by atoms with van der Waals surface area (Å²) in [6, 6.07) is 0. The second kappa shape index (κ2) is 8.53. The first kappa shape index (κ1) is 20.5. The summed E-state index contributed by atoms with van der Waals surface area (Å²) in [7, 11) is -3.50. The lowest BCUT2D eigenvalue weighted by Crippen LogP contribution is -2.45. The molecular formula is C14H24N3O6P. The van der Waals surface area contributed by atoms with Crippen LogP contribution in [0, 0.1) is 5.92 Å². The van der Waals surface area contributed by atoms with Gasteiger partial charge < -0.3 is 18.5 Å². The zero-order valence-electron chi connectivity index (χ0n) is 14.6. The summed E-state index contributed by atoms with van der Waals surface area (Å²) in [5.41, 5.74) is 7.54. The van der Waals surface area contributed by atoms with E-state index in [0.717, 1.165) is 0 Å². The molecule has 0 saturated carbocycles. The van der Waals surface area contributed by atoms with E-state index in [4.69, 9.17) is 24.1 Å². The molecule has 10 heteroatoms. The smallest absolute Gasteiger partial charge is 0.350 e. The molecular weight excluding hydrogens is 337 g/mol. The molecule has 0 aromatic rings. The van der Waals surface area contributed by atoms with Crippen molar-refractivity contribution in [3.8, 4) is 0 Å². The minimum Gasteiger partial charge on any atom is -0.480 e. The zero-order valence-corrected chi connectivity index (χ0v) is 15.5.